The zero-order chi connectivity index (χ0) is 13.4. The molecule has 18 heavy (non-hydrogen) atoms. The number of fused-ring (bicyclic) bond motifs is 1. The van der Waals surface area contributed by atoms with Crippen molar-refractivity contribution >= 4 is 11.9 Å². The maximum Gasteiger partial charge on any atom is 0.312 e. The van der Waals surface area contributed by atoms with Gasteiger partial charge in [-0.3, -0.25) is 9.59 Å². The van der Waals surface area contributed by atoms with Crippen LogP contribution in [0.5, 0.6) is 0 Å². The lowest BCUT2D eigenvalue weighted by molar-refractivity contribution is -0.192. The van der Waals surface area contributed by atoms with Crippen molar-refractivity contribution in [1.29, 1.82) is 0 Å². The monoisotopic (exact) mass is 256 g/mol. The normalized spacial score (nSPS) is 31.7. The summed E-state index contributed by atoms with van der Waals surface area (Å²) in [5, 5.41) is 0. The van der Waals surface area contributed by atoms with Gasteiger partial charge in [-0.2, -0.15) is 0 Å². The van der Waals surface area contributed by atoms with Crippen LogP contribution in [-0.2, 0) is 23.8 Å². The smallest absolute Gasteiger partial charge is 0.312 e. The second-order valence-corrected chi connectivity index (χ2v) is 5.67. The van der Waals surface area contributed by atoms with Crippen molar-refractivity contribution in [2.75, 3.05) is 13.2 Å². The van der Waals surface area contributed by atoms with Crippen LogP contribution < -0.4 is 0 Å². The average molecular weight is 256 g/mol. The molecular weight excluding hydrogens is 236 g/mol. The zero-order valence-corrected chi connectivity index (χ0v) is 11.2. The van der Waals surface area contributed by atoms with Gasteiger partial charge in [0.1, 0.15) is 0 Å². The van der Waals surface area contributed by atoms with Gasteiger partial charge in [0, 0.05) is 6.42 Å². The first kappa shape index (κ1) is 13.3. The molecule has 0 N–H and O–H groups in total. The molecule has 2 saturated heterocycles. The maximum absolute atomic E-state index is 12.2. The van der Waals surface area contributed by atoms with E-state index in [1.54, 1.807) is 0 Å². The van der Waals surface area contributed by atoms with Gasteiger partial charge >= 0.3 is 11.9 Å². The standard InChI is InChI=1S/C13H20O5/c1-4-12(2,3)11(15)18-13-5-6-16-8-9(13)17-10(14)7-13/h9H,4-8H2,1-3H3. The number of ether oxygens (including phenoxy) is 3. The van der Waals surface area contributed by atoms with Crippen LogP contribution in [0.4, 0.5) is 0 Å². The van der Waals surface area contributed by atoms with Crippen LogP contribution in [0.3, 0.4) is 0 Å². The Labute approximate surface area is 107 Å². The van der Waals surface area contributed by atoms with Crippen LogP contribution in [-0.4, -0.2) is 36.9 Å². The van der Waals surface area contributed by atoms with E-state index in [4.69, 9.17) is 14.2 Å². The molecule has 0 bridgehead atoms. The molecule has 0 aromatic heterocycles. The molecule has 0 aromatic carbocycles. The zero-order valence-electron chi connectivity index (χ0n) is 11.2. The molecule has 5 heteroatoms. The van der Waals surface area contributed by atoms with E-state index in [2.05, 4.69) is 0 Å². The van der Waals surface area contributed by atoms with Gasteiger partial charge in [-0.25, -0.2) is 0 Å². The van der Waals surface area contributed by atoms with E-state index in [1.807, 2.05) is 20.8 Å². The van der Waals surface area contributed by atoms with Crippen molar-refractivity contribution in [3.63, 3.8) is 0 Å². The highest BCUT2D eigenvalue weighted by atomic mass is 16.6. The Morgan fingerprint density at radius 2 is 2.28 bits per heavy atom. The molecule has 102 valence electrons. The van der Waals surface area contributed by atoms with Crippen LogP contribution in [0.2, 0.25) is 0 Å². The molecule has 2 fully saturated rings. The van der Waals surface area contributed by atoms with Gasteiger partial charge in [0.15, 0.2) is 11.7 Å². The number of esters is 2. The molecule has 2 unspecified atom stereocenters. The van der Waals surface area contributed by atoms with Gasteiger partial charge < -0.3 is 14.2 Å². The highest BCUT2D eigenvalue weighted by molar-refractivity contribution is 5.79. The van der Waals surface area contributed by atoms with E-state index >= 15 is 0 Å². The molecular formula is C13H20O5. The Bertz CT molecular complexity index is 362. The fraction of sp³-hybridized carbons (Fsp3) is 0.846. The third-order valence-corrected chi connectivity index (χ3v) is 3.98. The number of carbonyl (C=O) groups excluding carboxylic acids is 2. The van der Waals surface area contributed by atoms with Gasteiger partial charge in [0.2, 0.25) is 0 Å². The van der Waals surface area contributed by atoms with Crippen molar-refractivity contribution in [1.82, 2.24) is 0 Å². The average Bonchev–Trinajstić information content (AvgIpc) is 2.64. The predicted octanol–water partition coefficient (Wildman–Crippen LogP) is 1.44. The summed E-state index contributed by atoms with van der Waals surface area (Å²) in [6, 6.07) is 0. The maximum atomic E-state index is 12.2. The van der Waals surface area contributed by atoms with Gasteiger partial charge in [-0.15, -0.1) is 0 Å². The quantitative estimate of drug-likeness (QED) is 0.715. The summed E-state index contributed by atoms with van der Waals surface area (Å²) in [5.41, 5.74) is -1.35. The third-order valence-electron chi connectivity index (χ3n) is 3.98. The fourth-order valence-electron chi connectivity index (χ4n) is 2.16. The first-order chi connectivity index (χ1) is 8.39. The minimum Gasteiger partial charge on any atom is -0.455 e. The minimum atomic E-state index is -0.807. The summed E-state index contributed by atoms with van der Waals surface area (Å²) < 4.78 is 16.1. The summed E-state index contributed by atoms with van der Waals surface area (Å²) in [6.45, 7) is 6.44. The van der Waals surface area contributed by atoms with E-state index in [1.165, 1.54) is 0 Å². The second kappa shape index (κ2) is 4.53. The molecule has 2 heterocycles. The Hall–Kier alpha value is -1.10. The number of hydrogen-bond donors (Lipinski definition) is 0. The van der Waals surface area contributed by atoms with E-state index < -0.39 is 17.1 Å². The first-order valence-corrected chi connectivity index (χ1v) is 6.40. The number of carbonyl (C=O) groups is 2. The van der Waals surface area contributed by atoms with E-state index in [9.17, 15) is 9.59 Å². The fourth-order valence-corrected chi connectivity index (χ4v) is 2.16. The lowest BCUT2D eigenvalue weighted by Gasteiger charge is -2.37. The molecule has 2 aliphatic heterocycles. The first-order valence-electron chi connectivity index (χ1n) is 6.40. The van der Waals surface area contributed by atoms with Gasteiger partial charge in [-0.05, 0) is 20.3 Å². The largest absolute Gasteiger partial charge is 0.455 e. The third kappa shape index (κ3) is 2.23. The van der Waals surface area contributed by atoms with Crippen molar-refractivity contribution < 1.29 is 23.8 Å². The molecule has 2 aliphatic rings. The lowest BCUT2D eigenvalue weighted by atomic mass is 9.87. The Kier molecular flexibility index (Phi) is 3.36. The van der Waals surface area contributed by atoms with Crippen LogP contribution in [0.15, 0.2) is 0 Å². The summed E-state index contributed by atoms with van der Waals surface area (Å²) in [4.78, 5) is 23.6. The van der Waals surface area contributed by atoms with Crippen molar-refractivity contribution in [2.24, 2.45) is 5.41 Å². The Morgan fingerprint density at radius 1 is 1.56 bits per heavy atom. The second-order valence-electron chi connectivity index (χ2n) is 5.67. The van der Waals surface area contributed by atoms with Crippen LogP contribution >= 0.6 is 0 Å². The van der Waals surface area contributed by atoms with Crippen molar-refractivity contribution in [2.45, 2.75) is 51.7 Å². The highest BCUT2D eigenvalue weighted by Crippen LogP contribution is 2.39. The summed E-state index contributed by atoms with van der Waals surface area (Å²) >= 11 is 0. The number of hydrogen-bond acceptors (Lipinski definition) is 5. The Balaban J connectivity index is 2.15. The van der Waals surface area contributed by atoms with Crippen molar-refractivity contribution in [3.8, 4) is 0 Å². The summed E-state index contributed by atoms with van der Waals surface area (Å²) in [6.07, 6.45) is 0.912. The van der Waals surface area contributed by atoms with E-state index in [-0.39, 0.29) is 18.4 Å². The SMILES string of the molecule is CCC(C)(C)C(=O)OC12CCOCC1OC(=O)C2. The Morgan fingerprint density at radius 3 is 2.94 bits per heavy atom. The van der Waals surface area contributed by atoms with Crippen LogP contribution in [0.1, 0.15) is 40.0 Å². The molecule has 0 aromatic rings. The molecule has 0 amide bonds. The van der Waals surface area contributed by atoms with Gasteiger partial charge in [0.05, 0.1) is 25.0 Å². The molecule has 5 nitrogen and oxygen atoms in total. The van der Waals surface area contributed by atoms with E-state index in [0.29, 0.717) is 26.1 Å². The van der Waals surface area contributed by atoms with Gasteiger partial charge in [0.25, 0.3) is 0 Å². The van der Waals surface area contributed by atoms with Crippen molar-refractivity contribution in [3.05, 3.63) is 0 Å². The van der Waals surface area contributed by atoms with Gasteiger partial charge in [-0.1, -0.05) is 6.92 Å². The molecule has 0 radical (unpaired) electrons. The topological polar surface area (TPSA) is 61.8 Å². The summed E-state index contributed by atoms with van der Waals surface area (Å²) in [5.74, 6) is -0.581. The number of rotatable bonds is 3. The molecule has 0 spiro atoms. The molecule has 2 atom stereocenters. The highest BCUT2D eigenvalue weighted by Gasteiger charge is 2.55. The van der Waals surface area contributed by atoms with E-state index in [0.717, 1.165) is 0 Å². The molecule has 0 saturated carbocycles. The molecule has 0 aliphatic carbocycles. The lowest BCUT2D eigenvalue weighted by Crippen LogP contribution is -2.51. The van der Waals surface area contributed by atoms with Crippen LogP contribution in [0, 0.1) is 5.41 Å². The van der Waals surface area contributed by atoms with Crippen LogP contribution in [0.25, 0.3) is 0 Å². The molecule has 2 rings (SSSR count). The summed E-state index contributed by atoms with van der Waals surface area (Å²) in [7, 11) is 0. The predicted molar refractivity (Wildman–Crippen MR) is 62.8 cm³/mol. The minimum absolute atomic E-state index is 0.145.